The highest BCUT2D eigenvalue weighted by molar-refractivity contribution is 7.09. The van der Waals surface area contributed by atoms with Crippen LogP contribution in [0, 0.1) is 17.0 Å². The van der Waals surface area contributed by atoms with Crippen LogP contribution >= 0.6 is 11.3 Å². The fourth-order valence-corrected chi connectivity index (χ4v) is 2.53. The molecule has 1 N–H and O–H groups in total. The number of nitro groups is 1. The predicted molar refractivity (Wildman–Crippen MR) is 79.0 cm³/mol. The van der Waals surface area contributed by atoms with Crippen LogP contribution in [0.25, 0.3) is 0 Å². The molecule has 1 heterocycles. The normalized spacial score (nSPS) is 10.4. The maximum atomic E-state index is 11.1. The Hall–Kier alpha value is -2.48. The number of aromatic carboxylic acids is 1. The number of hydrogen-bond acceptors (Lipinski definition) is 6. The van der Waals surface area contributed by atoms with Crippen molar-refractivity contribution < 1.29 is 14.8 Å². The summed E-state index contributed by atoms with van der Waals surface area (Å²) in [5.41, 5.74) is 0.923. The van der Waals surface area contributed by atoms with E-state index < -0.39 is 10.9 Å². The lowest BCUT2D eigenvalue weighted by Crippen LogP contribution is -2.18. The third kappa shape index (κ3) is 3.34. The average Bonchev–Trinajstić information content (AvgIpc) is 2.83. The lowest BCUT2D eigenvalue weighted by Gasteiger charge is -2.18. The van der Waals surface area contributed by atoms with Gasteiger partial charge >= 0.3 is 5.97 Å². The number of nitro benzene ring substituents is 1. The zero-order chi connectivity index (χ0) is 15.6. The van der Waals surface area contributed by atoms with Crippen molar-refractivity contribution in [2.75, 3.05) is 11.9 Å². The molecule has 0 saturated carbocycles. The van der Waals surface area contributed by atoms with E-state index in [1.54, 1.807) is 11.9 Å². The second-order valence-electron chi connectivity index (χ2n) is 4.48. The smallest absolute Gasteiger partial charge is 0.335 e. The van der Waals surface area contributed by atoms with Gasteiger partial charge in [0.15, 0.2) is 0 Å². The van der Waals surface area contributed by atoms with E-state index in [9.17, 15) is 14.9 Å². The monoisotopic (exact) mass is 307 g/mol. The zero-order valence-corrected chi connectivity index (χ0v) is 12.3. The molecule has 0 bridgehead atoms. The van der Waals surface area contributed by atoms with Crippen LogP contribution in [0.4, 0.5) is 11.4 Å². The minimum atomic E-state index is -1.12. The number of nitrogens with zero attached hydrogens (tertiary/aromatic N) is 3. The summed E-state index contributed by atoms with van der Waals surface area (Å²) in [6.07, 6.45) is 0. The molecule has 0 unspecified atom stereocenters. The van der Waals surface area contributed by atoms with E-state index in [2.05, 4.69) is 4.98 Å². The van der Waals surface area contributed by atoms with Gasteiger partial charge in [-0.3, -0.25) is 10.1 Å². The van der Waals surface area contributed by atoms with Crippen molar-refractivity contribution in [3.8, 4) is 0 Å². The molecule has 21 heavy (non-hydrogen) atoms. The van der Waals surface area contributed by atoms with Crippen LogP contribution in [0.2, 0.25) is 0 Å². The molecule has 0 aliphatic heterocycles. The first-order chi connectivity index (χ1) is 9.88. The molecule has 0 aliphatic carbocycles. The van der Waals surface area contributed by atoms with Gasteiger partial charge in [0.1, 0.15) is 5.69 Å². The molecular weight excluding hydrogens is 294 g/mol. The van der Waals surface area contributed by atoms with Crippen LogP contribution in [0.15, 0.2) is 23.6 Å². The van der Waals surface area contributed by atoms with Gasteiger partial charge in [0.25, 0.3) is 5.69 Å². The lowest BCUT2D eigenvalue weighted by molar-refractivity contribution is -0.384. The SMILES string of the molecule is Cc1nc(CN(C)c2cc(C(=O)O)ccc2[N+](=O)[O-])cs1. The van der Waals surface area contributed by atoms with Crippen molar-refractivity contribution in [3.05, 3.63) is 50.0 Å². The molecule has 0 radical (unpaired) electrons. The van der Waals surface area contributed by atoms with Crippen molar-refractivity contribution in [1.82, 2.24) is 4.98 Å². The van der Waals surface area contributed by atoms with Crippen LogP contribution < -0.4 is 4.90 Å². The number of carboxylic acid groups (broad SMARTS) is 1. The van der Waals surface area contributed by atoms with Crippen molar-refractivity contribution in [2.45, 2.75) is 13.5 Å². The summed E-state index contributed by atoms with van der Waals surface area (Å²) < 4.78 is 0. The first-order valence-electron chi connectivity index (χ1n) is 6.02. The van der Waals surface area contributed by atoms with Crippen molar-refractivity contribution >= 4 is 28.7 Å². The first-order valence-corrected chi connectivity index (χ1v) is 6.90. The molecule has 0 spiro atoms. The molecule has 0 fully saturated rings. The van der Waals surface area contributed by atoms with Crippen LogP contribution in [-0.2, 0) is 6.54 Å². The van der Waals surface area contributed by atoms with Crippen molar-refractivity contribution in [3.63, 3.8) is 0 Å². The molecule has 2 rings (SSSR count). The van der Waals surface area contributed by atoms with E-state index >= 15 is 0 Å². The zero-order valence-electron chi connectivity index (χ0n) is 11.4. The standard InChI is InChI=1S/C13H13N3O4S/c1-8-14-10(7-21-8)6-15(2)12-5-9(13(17)18)3-4-11(12)16(19)20/h3-5,7H,6H2,1-2H3,(H,17,18). The summed E-state index contributed by atoms with van der Waals surface area (Å²) in [4.78, 5) is 27.5. The number of benzene rings is 1. The second-order valence-corrected chi connectivity index (χ2v) is 5.54. The maximum absolute atomic E-state index is 11.1. The highest BCUT2D eigenvalue weighted by Crippen LogP contribution is 2.29. The summed E-state index contributed by atoms with van der Waals surface area (Å²) in [6.45, 7) is 2.25. The van der Waals surface area contributed by atoms with Gasteiger partial charge in [-0.25, -0.2) is 9.78 Å². The van der Waals surface area contributed by atoms with Crippen LogP contribution in [0.3, 0.4) is 0 Å². The summed E-state index contributed by atoms with van der Waals surface area (Å²) in [7, 11) is 1.67. The van der Waals surface area contributed by atoms with Crippen molar-refractivity contribution in [2.24, 2.45) is 0 Å². The highest BCUT2D eigenvalue weighted by atomic mass is 32.1. The summed E-state index contributed by atoms with van der Waals surface area (Å²) in [5, 5.41) is 22.9. The molecule has 2 aromatic rings. The molecule has 0 amide bonds. The molecule has 7 nitrogen and oxygen atoms in total. The highest BCUT2D eigenvalue weighted by Gasteiger charge is 2.20. The van der Waals surface area contributed by atoms with E-state index in [0.717, 1.165) is 10.7 Å². The second kappa shape index (κ2) is 5.88. The number of rotatable bonds is 5. The summed E-state index contributed by atoms with van der Waals surface area (Å²) in [6, 6.07) is 3.74. The van der Waals surface area contributed by atoms with Gasteiger partial charge in [-0.1, -0.05) is 0 Å². The Balaban J connectivity index is 2.37. The van der Waals surface area contributed by atoms with E-state index in [1.165, 1.54) is 29.5 Å². The fourth-order valence-electron chi connectivity index (χ4n) is 1.93. The predicted octanol–water partition coefficient (Wildman–Crippen LogP) is 2.69. The maximum Gasteiger partial charge on any atom is 0.335 e. The number of thiazole rings is 1. The summed E-state index contributed by atoms with van der Waals surface area (Å²) in [5.74, 6) is -1.12. The van der Waals surface area contributed by atoms with Crippen LogP contribution in [0.1, 0.15) is 21.1 Å². The molecule has 110 valence electrons. The van der Waals surface area contributed by atoms with Gasteiger partial charge in [-0.2, -0.15) is 0 Å². The van der Waals surface area contributed by atoms with Gasteiger partial charge in [-0.15, -0.1) is 11.3 Å². The average molecular weight is 307 g/mol. The van der Waals surface area contributed by atoms with Gasteiger partial charge in [0, 0.05) is 18.5 Å². The Labute approximate surface area is 124 Å². The Morgan fingerprint density at radius 1 is 1.52 bits per heavy atom. The Morgan fingerprint density at radius 2 is 2.24 bits per heavy atom. The number of carbonyl (C=O) groups is 1. The number of aryl methyl sites for hydroxylation is 1. The molecule has 0 aliphatic rings. The molecule has 8 heteroatoms. The molecule has 1 aromatic heterocycles. The van der Waals surface area contributed by atoms with Gasteiger partial charge < -0.3 is 10.0 Å². The third-order valence-electron chi connectivity index (χ3n) is 2.90. The van der Waals surface area contributed by atoms with Crippen molar-refractivity contribution in [1.29, 1.82) is 0 Å². The van der Waals surface area contributed by atoms with E-state index in [1.807, 2.05) is 12.3 Å². The molecule has 0 atom stereocenters. The van der Waals surface area contributed by atoms with E-state index in [0.29, 0.717) is 6.54 Å². The third-order valence-corrected chi connectivity index (χ3v) is 3.72. The Kier molecular flexibility index (Phi) is 4.18. The van der Waals surface area contributed by atoms with Gasteiger partial charge in [-0.05, 0) is 19.1 Å². The van der Waals surface area contributed by atoms with Crippen LogP contribution in [0.5, 0.6) is 0 Å². The number of carboxylic acids is 1. The molecule has 1 aromatic carbocycles. The topological polar surface area (TPSA) is 96.6 Å². The van der Waals surface area contributed by atoms with Gasteiger partial charge in [0.2, 0.25) is 0 Å². The van der Waals surface area contributed by atoms with E-state index in [4.69, 9.17) is 5.11 Å². The lowest BCUT2D eigenvalue weighted by atomic mass is 10.1. The fraction of sp³-hybridized carbons (Fsp3) is 0.231. The summed E-state index contributed by atoms with van der Waals surface area (Å²) >= 11 is 1.49. The Bertz CT molecular complexity index is 698. The minimum Gasteiger partial charge on any atom is -0.478 e. The number of aromatic nitrogens is 1. The number of anilines is 1. The van der Waals surface area contributed by atoms with Gasteiger partial charge in [0.05, 0.1) is 27.7 Å². The molecular formula is C13H13N3O4S. The quantitative estimate of drug-likeness (QED) is 0.674. The largest absolute Gasteiger partial charge is 0.478 e. The molecule has 0 saturated heterocycles. The number of hydrogen-bond donors (Lipinski definition) is 1. The Morgan fingerprint density at radius 3 is 2.76 bits per heavy atom. The van der Waals surface area contributed by atoms with Crippen LogP contribution in [-0.4, -0.2) is 28.0 Å². The first kappa shape index (κ1) is 14.9. The minimum absolute atomic E-state index is 0.0110. The van der Waals surface area contributed by atoms with E-state index in [-0.39, 0.29) is 16.9 Å².